The van der Waals surface area contributed by atoms with Gasteiger partial charge in [-0.25, -0.2) is 4.39 Å². The Hall–Kier alpha value is -1.75. The number of quaternary nitrogens is 1. The van der Waals surface area contributed by atoms with Gasteiger partial charge in [-0.2, -0.15) is 8.42 Å². The molecule has 0 aliphatic carbocycles. The SMILES string of the molecule is CN(Cc1ccc(Cl)c(F)c1)C1CN([N+]2(S(C)(=O)=O)CCN(C=O)CC2)CC1c1ccc(Cl)cc1. The fourth-order valence-electron chi connectivity index (χ4n) is 5.31. The molecule has 11 heteroatoms. The van der Waals surface area contributed by atoms with Crippen molar-refractivity contribution in [2.75, 3.05) is 52.6 Å². The van der Waals surface area contributed by atoms with Crippen molar-refractivity contribution < 1.29 is 21.6 Å². The molecule has 2 aromatic rings. The van der Waals surface area contributed by atoms with Crippen LogP contribution in [0.5, 0.6) is 0 Å². The topological polar surface area (TPSA) is 60.9 Å². The number of halogens is 3. The van der Waals surface area contributed by atoms with Crippen LogP contribution in [0.15, 0.2) is 42.5 Å². The molecule has 2 heterocycles. The van der Waals surface area contributed by atoms with E-state index in [9.17, 15) is 17.6 Å². The highest BCUT2D eigenvalue weighted by Gasteiger charge is 2.53. The van der Waals surface area contributed by atoms with Crippen LogP contribution in [0.25, 0.3) is 0 Å². The van der Waals surface area contributed by atoms with Gasteiger partial charge in [-0.05, 0) is 42.4 Å². The molecule has 0 bridgehead atoms. The van der Waals surface area contributed by atoms with Gasteiger partial charge in [-0.3, -0.25) is 9.69 Å². The maximum atomic E-state index is 14.1. The minimum Gasteiger partial charge on any atom is -0.334 e. The molecule has 2 atom stereocenters. The van der Waals surface area contributed by atoms with Gasteiger partial charge in [0.1, 0.15) is 18.9 Å². The van der Waals surface area contributed by atoms with Gasteiger partial charge >= 0.3 is 10.0 Å². The molecule has 0 aromatic heterocycles. The monoisotopic (exact) mass is 543 g/mol. The molecule has 4 rings (SSSR count). The van der Waals surface area contributed by atoms with E-state index in [1.54, 1.807) is 17.0 Å². The van der Waals surface area contributed by atoms with E-state index in [1.807, 2.05) is 36.3 Å². The fourth-order valence-corrected chi connectivity index (χ4v) is 6.94. The van der Waals surface area contributed by atoms with Gasteiger partial charge in [0.2, 0.25) is 6.41 Å². The van der Waals surface area contributed by atoms with Crippen molar-refractivity contribution >= 4 is 39.6 Å². The lowest BCUT2D eigenvalue weighted by molar-refractivity contribution is -0.929. The van der Waals surface area contributed by atoms with Crippen LogP contribution in [0.3, 0.4) is 0 Å². The minimum absolute atomic E-state index is 0.00950. The third kappa shape index (κ3) is 5.35. The normalized spacial score (nSPS) is 23.1. The zero-order valence-corrected chi connectivity index (χ0v) is 22.1. The predicted octanol–water partition coefficient (Wildman–Crippen LogP) is 3.20. The van der Waals surface area contributed by atoms with E-state index in [0.29, 0.717) is 50.8 Å². The van der Waals surface area contributed by atoms with Gasteiger partial charge in [0.15, 0.2) is 0 Å². The maximum absolute atomic E-state index is 14.1. The lowest BCUT2D eigenvalue weighted by Crippen LogP contribution is -2.69. The van der Waals surface area contributed by atoms with Crippen LogP contribution in [0.4, 0.5) is 4.39 Å². The van der Waals surface area contributed by atoms with Gasteiger partial charge in [0.05, 0.1) is 37.5 Å². The number of rotatable bonds is 7. The van der Waals surface area contributed by atoms with Crippen LogP contribution in [0.1, 0.15) is 17.0 Å². The van der Waals surface area contributed by atoms with Gasteiger partial charge in [0, 0.05) is 23.5 Å². The third-order valence-electron chi connectivity index (χ3n) is 7.31. The Labute approximate surface area is 216 Å². The Kier molecular flexibility index (Phi) is 7.76. The van der Waals surface area contributed by atoms with E-state index in [0.717, 1.165) is 17.5 Å². The van der Waals surface area contributed by atoms with Gasteiger partial charge in [0.25, 0.3) is 0 Å². The van der Waals surface area contributed by atoms with Crippen LogP contribution in [0.2, 0.25) is 10.0 Å². The standard InChI is InChI=1S/C24H30Cl2FN4O3S/c1-28(14-18-3-8-22(26)23(27)13-18)24-16-30(15-21(24)19-4-6-20(25)7-5-19)31(35(2,33)34)11-9-29(17-32)10-12-31/h3-8,13,17,21,24H,9-12,14-16H2,1-2H3/q+1. The van der Waals surface area contributed by atoms with Gasteiger partial charge in [-0.15, -0.1) is 9.01 Å². The second-order valence-corrected chi connectivity index (χ2v) is 12.4. The molecule has 2 aromatic carbocycles. The average Bonchev–Trinajstić information content (AvgIpc) is 3.27. The maximum Gasteiger partial charge on any atom is 0.312 e. The largest absolute Gasteiger partial charge is 0.334 e. The molecule has 7 nitrogen and oxygen atoms in total. The fraction of sp³-hybridized carbons (Fsp3) is 0.458. The van der Waals surface area contributed by atoms with Crippen molar-refractivity contribution in [3.05, 3.63) is 69.5 Å². The molecule has 35 heavy (non-hydrogen) atoms. The van der Waals surface area contributed by atoms with Crippen LogP contribution in [-0.4, -0.2) is 92.2 Å². The van der Waals surface area contributed by atoms with E-state index < -0.39 is 15.8 Å². The Morgan fingerprint density at radius 3 is 2.34 bits per heavy atom. The summed E-state index contributed by atoms with van der Waals surface area (Å²) in [6, 6.07) is 12.4. The molecule has 2 unspecified atom stereocenters. The number of amides is 1. The molecule has 2 fully saturated rings. The minimum atomic E-state index is -3.52. The van der Waals surface area contributed by atoms with Crippen molar-refractivity contribution in [2.24, 2.45) is 0 Å². The summed E-state index contributed by atoms with van der Waals surface area (Å²) < 4.78 is 40.2. The number of benzene rings is 2. The average molecular weight is 545 g/mol. The van der Waals surface area contributed by atoms with E-state index in [4.69, 9.17) is 23.2 Å². The second-order valence-electron chi connectivity index (χ2n) is 9.43. The molecule has 0 radical (unpaired) electrons. The Morgan fingerprint density at radius 1 is 1.11 bits per heavy atom. The smallest absolute Gasteiger partial charge is 0.312 e. The number of piperazine rings is 1. The first-order valence-electron chi connectivity index (χ1n) is 11.5. The highest BCUT2D eigenvalue weighted by Crippen LogP contribution is 2.37. The molecule has 0 saturated carbocycles. The van der Waals surface area contributed by atoms with E-state index in [-0.39, 0.29) is 21.0 Å². The Bertz CT molecular complexity index is 1170. The summed E-state index contributed by atoms with van der Waals surface area (Å²) in [6.45, 7) is 2.89. The highest BCUT2D eigenvalue weighted by atomic mass is 35.5. The van der Waals surface area contributed by atoms with Crippen LogP contribution in [-0.2, 0) is 21.4 Å². The lowest BCUT2D eigenvalue weighted by Gasteiger charge is -2.45. The first kappa shape index (κ1) is 26.3. The first-order valence-corrected chi connectivity index (χ1v) is 14.1. The van der Waals surface area contributed by atoms with Crippen molar-refractivity contribution in [3.8, 4) is 0 Å². The lowest BCUT2D eigenvalue weighted by atomic mass is 9.93. The number of likely N-dealkylation sites (N-methyl/N-ethyl adjacent to an activating group) is 1. The molecule has 1 amide bonds. The molecule has 190 valence electrons. The van der Waals surface area contributed by atoms with Crippen molar-refractivity contribution in [1.82, 2.24) is 14.8 Å². The number of sulfonamides is 1. The molecule has 0 N–H and O–H groups in total. The number of carbonyl (C=O) groups is 1. The van der Waals surface area contributed by atoms with E-state index in [2.05, 4.69) is 4.90 Å². The molecular formula is C24H30Cl2FN4O3S+. The van der Waals surface area contributed by atoms with Crippen LogP contribution < -0.4 is 0 Å². The summed E-state index contributed by atoms with van der Waals surface area (Å²) in [5.74, 6) is -0.454. The van der Waals surface area contributed by atoms with Crippen molar-refractivity contribution in [1.29, 1.82) is 0 Å². The summed E-state index contributed by atoms with van der Waals surface area (Å²) in [4.78, 5) is 15.0. The highest BCUT2D eigenvalue weighted by molar-refractivity contribution is 7.85. The zero-order valence-electron chi connectivity index (χ0n) is 19.8. The van der Waals surface area contributed by atoms with Crippen molar-refractivity contribution in [3.63, 3.8) is 0 Å². The Morgan fingerprint density at radius 2 is 1.77 bits per heavy atom. The second kappa shape index (κ2) is 10.3. The molecular weight excluding hydrogens is 514 g/mol. The van der Waals surface area contributed by atoms with Gasteiger partial charge in [-0.1, -0.05) is 41.4 Å². The Balaban J connectivity index is 1.66. The van der Waals surface area contributed by atoms with Crippen LogP contribution in [0, 0.1) is 5.82 Å². The predicted molar refractivity (Wildman–Crippen MR) is 135 cm³/mol. The quantitative estimate of drug-likeness (QED) is 0.396. The van der Waals surface area contributed by atoms with Gasteiger partial charge < -0.3 is 4.90 Å². The zero-order chi connectivity index (χ0) is 25.4. The summed E-state index contributed by atoms with van der Waals surface area (Å²) >= 11 is 12.0. The summed E-state index contributed by atoms with van der Waals surface area (Å²) in [7, 11) is -1.55. The summed E-state index contributed by atoms with van der Waals surface area (Å²) in [6.07, 6.45) is 2.05. The third-order valence-corrected chi connectivity index (χ3v) is 9.69. The van der Waals surface area contributed by atoms with Crippen molar-refractivity contribution in [2.45, 2.75) is 18.5 Å². The van der Waals surface area contributed by atoms with Crippen LogP contribution >= 0.6 is 23.2 Å². The number of hydrogen-bond donors (Lipinski definition) is 0. The molecule has 2 saturated heterocycles. The van der Waals surface area contributed by atoms with E-state index >= 15 is 0 Å². The first-order chi connectivity index (χ1) is 16.5. The number of hydrogen-bond acceptors (Lipinski definition) is 5. The number of nitrogens with zero attached hydrogens (tertiary/aromatic N) is 4. The van der Waals surface area contributed by atoms with E-state index in [1.165, 1.54) is 12.3 Å². The summed E-state index contributed by atoms with van der Waals surface area (Å²) in [5, 5.41) is 2.74. The number of carbonyl (C=O) groups excluding carboxylic acids is 1. The molecule has 2 aliphatic rings. The molecule has 2 aliphatic heterocycles. The summed E-state index contributed by atoms with van der Waals surface area (Å²) in [5.41, 5.74) is 1.85. The molecule has 0 spiro atoms.